The summed E-state index contributed by atoms with van der Waals surface area (Å²) in [5, 5.41) is 4.10. The van der Waals surface area contributed by atoms with Crippen LogP contribution in [-0.2, 0) is 0 Å². The van der Waals surface area contributed by atoms with Gasteiger partial charge >= 0.3 is 0 Å². The maximum atomic E-state index is 5.68. The molecule has 0 atom stereocenters. The van der Waals surface area contributed by atoms with E-state index in [1.165, 1.54) is 36.8 Å². The Balaban J connectivity index is 1.82. The standard InChI is InChI=1S/C19H26N2O/c1-19(2,3)14-10-8-13(9-11-14)15-6-4-5-7-16(15)17-12-18(20)22-21-17/h4-7,12-14H,8-11,20H2,1-3H3. The van der Waals surface area contributed by atoms with Crippen LogP contribution in [0.5, 0.6) is 0 Å². The van der Waals surface area contributed by atoms with E-state index >= 15 is 0 Å². The van der Waals surface area contributed by atoms with Gasteiger partial charge in [-0.3, -0.25) is 0 Å². The van der Waals surface area contributed by atoms with Gasteiger partial charge in [-0.05, 0) is 48.5 Å². The van der Waals surface area contributed by atoms with Gasteiger partial charge in [-0.2, -0.15) is 0 Å². The highest BCUT2D eigenvalue weighted by Gasteiger charge is 2.31. The van der Waals surface area contributed by atoms with E-state index in [9.17, 15) is 0 Å². The first-order chi connectivity index (χ1) is 10.4. The highest BCUT2D eigenvalue weighted by atomic mass is 16.5. The summed E-state index contributed by atoms with van der Waals surface area (Å²) in [5.41, 5.74) is 9.52. The van der Waals surface area contributed by atoms with Gasteiger partial charge in [0.25, 0.3) is 0 Å². The molecular formula is C19H26N2O. The van der Waals surface area contributed by atoms with Crippen LogP contribution in [0.15, 0.2) is 34.9 Å². The second-order valence-corrected chi connectivity index (χ2v) is 7.62. The Kier molecular flexibility index (Phi) is 3.98. The molecule has 3 nitrogen and oxygen atoms in total. The molecule has 0 bridgehead atoms. The Morgan fingerprint density at radius 2 is 1.77 bits per heavy atom. The van der Waals surface area contributed by atoms with Crippen LogP contribution in [0.4, 0.5) is 5.88 Å². The van der Waals surface area contributed by atoms with Crippen molar-refractivity contribution in [1.82, 2.24) is 5.16 Å². The quantitative estimate of drug-likeness (QED) is 0.824. The molecule has 1 aromatic heterocycles. The number of rotatable bonds is 2. The first-order valence-electron chi connectivity index (χ1n) is 8.26. The lowest BCUT2D eigenvalue weighted by atomic mass is 9.68. The van der Waals surface area contributed by atoms with Crippen LogP contribution in [0.25, 0.3) is 11.3 Å². The molecule has 2 aromatic rings. The molecule has 0 saturated heterocycles. The van der Waals surface area contributed by atoms with Crippen LogP contribution in [-0.4, -0.2) is 5.16 Å². The topological polar surface area (TPSA) is 52.0 Å². The molecule has 1 saturated carbocycles. The van der Waals surface area contributed by atoms with Crippen LogP contribution in [0, 0.1) is 11.3 Å². The Morgan fingerprint density at radius 1 is 1.09 bits per heavy atom. The molecule has 0 amide bonds. The summed E-state index contributed by atoms with van der Waals surface area (Å²) >= 11 is 0. The molecule has 3 rings (SSSR count). The third-order valence-electron chi connectivity index (χ3n) is 5.16. The number of nitrogens with zero attached hydrogens (tertiary/aromatic N) is 1. The molecule has 1 aromatic carbocycles. The van der Waals surface area contributed by atoms with E-state index in [1.54, 1.807) is 0 Å². The zero-order valence-corrected chi connectivity index (χ0v) is 13.8. The van der Waals surface area contributed by atoms with Crippen LogP contribution >= 0.6 is 0 Å². The smallest absolute Gasteiger partial charge is 0.222 e. The average molecular weight is 298 g/mol. The predicted octanol–water partition coefficient (Wildman–Crippen LogP) is 5.24. The second kappa shape index (κ2) is 5.79. The number of hydrogen-bond donors (Lipinski definition) is 1. The number of nitrogens with two attached hydrogens (primary N) is 1. The number of nitrogen functional groups attached to an aromatic ring is 1. The van der Waals surface area contributed by atoms with Gasteiger partial charge in [-0.15, -0.1) is 0 Å². The van der Waals surface area contributed by atoms with Crippen molar-refractivity contribution in [1.29, 1.82) is 0 Å². The maximum Gasteiger partial charge on any atom is 0.222 e. The van der Waals surface area contributed by atoms with Gasteiger partial charge in [0.05, 0.1) is 0 Å². The first kappa shape index (κ1) is 15.1. The van der Waals surface area contributed by atoms with Crippen LogP contribution in [0.1, 0.15) is 57.9 Å². The lowest BCUT2D eigenvalue weighted by molar-refractivity contribution is 0.169. The Hall–Kier alpha value is -1.77. The molecule has 0 radical (unpaired) electrons. The van der Waals surface area contributed by atoms with Crippen molar-refractivity contribution in [3.63, 3.8) is 0 Å². The van der Waals surface area contributed by atoms with Gasteiger partial charge in [-0.25, -0.2) is 0 Å². The minimum atomic E-state index is 0.376. The summed E-state index contributed by atoms with van der Waals surface area (Å²) < 4.78 is 5.05. The lowest BCUT2D eigenvalue weighted by Crippen LogP contribution is -2.25. The Morgan fingerprint density at radius 3 is 2.36 bits per heavy atom. The van der Waals surface area contributed by atoms with Crippen LogP contribution in [0.3, 0.4) is 0 Å². The molecular weight excluding hydrogens is 272 g/mol. The van der Waals surface area contributed by atoms with Crippen molar-refractivity contribution in [2.75, 3.05) is 5.73 Å². The van der Waals surface area contributed by atoms with E-state index in [4.69, 9.17) is 10.3 Å². The van der Waals surface area contributed by atoms with E-state index in [1.807, 2.05) is 6.07 Å². The summed E-state index contributed by atoms with van der Waals surface area (Å²) in [5.74, 6) is 1.83. The van der Waals surface area contributed by atoms with Gasteiger partial charge in [0.1, 0.15) is 5.69 Å². The Labute approximate surface area is 132 Å². The van der Waals surface area contributed by atoms with E-state index in [2.05, 4.69) is 50.2 Å². The average Bonchev–Trinajstić information content (AvgIpc) is 2.93. The minimum Gasteiger partial charge on any atom is -0.368 e. The molecule has 0 unspecified atom stereocenters. The number of benzene rings is 1. The molecule has 22 heavy (non-hydrogen) atoms. The van der Waals surface area contributed by atoms with Crippen molar-refractivity contribution in [2.24, 2.45) is 11.3 Å². The lowest BCUT2D eigenvalue weighted by Gasteiger charge is -2.37. The van der Waals surface area contributed by atoms with Gasteiger partial charge in [0.15, 0.2) is 0 Å². The highest BCUT2D eigenvalue weighted by molar-refractivity contribution is 5.66. The van der Waals surface area contributed by atoms with Gasteiger partial charge in [-0.1, -0.05) is 50.2 Å². The van der Waals surface area contributed by atoms with Crippen molar-refractivity contribution in [3.05, 3.63) is 35.9 Å². The van der Waals surface area contributed by atoms with Crippen molar-refractivity contribution in [3.8, 4) is 11.3 Å². The second-order valence-electron chi connectivity index (χ2n) is 7.62. The number of hydrogen-bond acceptors (Lipinski definition) is 3. The molecule has 0 aliphatic heterocycles. The predicted molar refractivity (Wildman–Crippen MR) is 90.5 cm³/mol. The summed E-state index contributed by atoms with van der Waals surface area (Å²) in [7, 11) is 0. The van der Waals surface area contributed by atoms with E-state index in [0.29, 0.717) is 17.2 Å². The monoisotopic (exact) mass is 298 g/mol. The summed E-state index contributed by atoms with van der Waals surface area (Å²) in [6.45, 7) is 7.10. The van der Waals surface area contributed by atoms with Crippen molar-refractivity contribution >= 4 is 5.88 Å². The molecule has 1 heterocycles. The molecule has 0 spiro atoms. The summed E-state index contributed by atoms with van der Waals surface area (Å²) in [6.07, 6.45) is 5.13. The molecule has 1 fully saturated rings. The fourth-order valence-corrected chi connectivity index (χ4v) is 3.77. The number of anilines is 1. The molecule has 1 aliphatic carbocycles. The summed E-state index contributed by atoms with van der Waals surface area (Å²) in [4.78, 5) is 0. The van der Waals surface area contributed by atoms with E-state index < -0.39 is 0 Å². The van der Waals surface area contributed by atoms with Crippen molar-refractivity contribution in [2.45, 2.75) is 52.4 Å². The SMILES string of the molecule is CC(C)(C)C1CCC(c2ccccc2-c2cc(N)on2)CC1. The minimum absolute atomic E-state index is 0.376. The molecule has 2 N–H and O–H groups in total. The molecule has 3 heteroatoms. The largest absolute Gasteiger partial charge is 0.368 e. The van der Waals surface area contributed by atoms with Gasteiger partial charge < -0.3 is 10.3 Å². The Bertz CT molecular complexity index is 631. The number of aromatic nitrogens is 1. The van der Waals surface area contributed by atoms with Gasteiger partial charge in [0, 0.05) is 11.6 Å². The zero-order chi connectivity index (χ0) is 15.7. The maximum absolute atomic E-state index is 5.68. The van der Waals surface area contributed by atoms with Crippen LogP contribution in [0.2, 0.25) is 0 Å². The highest BCUT2D eigenvalue weighted by Crippen LogP contribution is 2.45. The van der Waals surface area contributed by atoms with Crippen LogP contribution < -0.4 is 5.73 Å². The fraction of sp³-hybridized carbons (Fsp3) is 0.526. The normalized spacial score (nSPS) is 22.7. The summed E-state index contributed by atoms with van der Waals surface area (Å²) in [6, 6.07) is 10.4. The van der Waals surface area contributed by atoms with E-state index in [-0.39, 0.29) is 0 Å². The third-order valence-corrected chi connectivity index (χ3v) is 5.16. The van der Waals surface area contributed by atoms with E-state index in [0.717, 1.165) is 11.6 Å². The fourth-order valence-electron chi connectivity index (χ4n) is 3.77. The van der Waals surface area contributed by atoms with Gasteiger partial charge in [0.2, 0.25) is 5.88 Å². The van der Waals surface area contributed by atoms with Crippen molar-refractivity contribution < 1.29 is 4.52 Å². The molecule has 1 aliphatic rings. The third kappa shape index (κ3) is 3.03. The molecule has 118 valence electrons. The zero-order valence-electron chi connectivity index (χ0n) is 13.8. The first-order valence-corrected chi connectivity index (χ1v) is 8.26.